The molecule has 0 aliphatic heterocycles. The average Bonchev–Trinajstić information content (AvgIpc) is 2.99. The summed E-state index contributed by atoms with van der Waals surface area (Å²) < 4.78 is 18.9. The molecule has 8 atom stereocenters. The van der Waals surface area contributed by atoms with Crippen LogP contribution in [0.2, 0.25) is 0 Å². The lowest BCUT2D eigenvalue weighted by atomic mass is 9.33. The minimum Gasteiger partial charge on any atom is -0.469 e. The minimum absolute atomic E-state index is 0.00766. The van der Waals surface area contributed by atoms with E-state index < -0.39 is 16.7 Å². The van der Waals surface area contributed by atoms with E-state index in [1.165, 1.54) is 17.7 Å². The molecule has 5 nitrogen and oxygen atoms in total. The van der Waals surface area contributed by atoms with Crippen LogP contribution >= 0.6 is 0 Å². The molecule has 0 saturated heterocycles. The molecule has 6 rings (SSSR count). The van der Waals surface area contributed by atoms with Gasteiger partial charge < -0.3 is 10.1 Å². The van der Waals surface area contributed by atoms with Crippen LogP contribution < -0.4 is 5.32 Å². The smallest absolute Gasteiger partial charge is 0.312 e. The standard InChI is InChI=1S/C40H56FNO4/c1-35(2)18-20-40(34(45)46-8)21-19-38(6)28(29(40)24-35)13-14-31-37(5)23-27(32(43)36(3,4)30(37)15-17-39(31,38)7)33(44)42-22-16-25-9-11-26(41)12-10-25/h9-13,27,29-31H,14-24H2,1-8H3,(H,42,44)/t27?,29?,30?,31?,37-,38+,39+,40-/m0/s1. The van der Waals surface area contributed by atoms with E-state index in [0.717, 1.165) is 56.9 Å². The van der Waals surface area contributed by atoms with Crippen LogP contribution in [-0.4, -0.2) is 31.3 Å². The molecule has 1 aromatic carbocycles. The molecule has 1 aromatic rings. The average molecular weight is 634 g/mol. The molecule has 4 saturated carbocycles. The number of Topliss-reactive ketones (excluding diaryl/α,β-unsaturated/α-hetero) is 1. The largest absolute Gasteiger partial charge is 0.469 e. The van der Waals surface area contributed by atoms with E-state index in [2.05, 4.69) is 59.9 Å². The Balaban J connectivity index is 1.31. The summed E-state index contributed by atoms with van der Waals surface area (Å²) in [6.45, 7) is 16.7. The quantitative estimate of drug-likeness (QED) is 0.201. The summed E-state index contributed by atoms with van der Waals surface area (Å²) >= 11 is 0. The van der Waals surface area contributed by atoms with Gasteiger partial charge in [-0.1, -0.05) is 72.2 Å². The van der Waals surface area contributed by atoms with Gasteiger partial charge in [-0.05, 0) is 121 Å². The number of hydrogen-bond acceptors (Lipinski definition) is 4. The second-order valence-electron chi connectivity index (χ2n) is 17.9. The Kier molecular flexibility index (Phi) is 8.00. The number of halogens is 1. The summed E-state index contributed by atoms with van der Waals surface area (Å²) in [5.41, 5.74) is 1.33. The van der Waals surface area contributed by atoms with Crippen LogP contribution in [0.25, 0.3) is 0 Å². The maximum absolute atomic E-state index is 14.1. The first-order valence-electron chi connectivity index (χ1n) is 17.8. The van der Waals surface area contributed by atoms with Crippen molar-refractivity contribution in [2.45, 2.75) is 113 Å². The van der Waals surface area contributed by atoms with Gasteiger partial charge in [0.2, 0.25) is 5.91 Å². The highest BCUT2D eigenvalue weighted by Gasteiger charge is 2.70. The normalized spacial score (nSPS) is 40.7. The highest BCUT2D eigenvalue weighted by molar-refractivity contribution is 6.04. The molecule has 0 heterocycles. The third kappa shape index (κ3) is 4.77. The first-order chi connectivity index (χ1) is 21.4. The van der Waals surface area contributed by atoms with Crippen LogP contribution in [0.1, 0.15) is 112 Å². The number of carbonyl (C=O) groups excluding carboxylic acids is 3. The lowest BCUT2D eigenvalue weighted by Gasteiger charge is -2.71. The molecule has 4 fully saturated rings. The van der Waals surface area contributed by atoms with Crippen LogP contribution in [0.3, 0.4) is 0 Å². The monoisotopic (exact) mass is 633 g/mol. The molecule has 6 heteroatoms. The van der Waals surface area contributed by atoms with Crippen molar-refractivity contribution < 1.29 is 23.5 Å². The van der Waals surface area contributed by atoms with E-state index in [1.807, 2.05) is 0 Å². The van der Waals surface area contributed by atoms with Gasteiger partial charge in [0, 0.05) is 12.0 Å². The molecular formula is C40H56FNO4. The third-order valence-corrected chi connectivity index (χ3v) is 14.9. The molecule has 1 amide bonds. The predicted molar refractivity (Wildman–Crippen MR) is 178 cm³/mol. The molecule has 46 heavy (non-hydrogen) atoms. The van der Waals surface area contributed by atoms with E-state index in [1.54, 1.807) is 19.2 Å². The summed E-state index contributed by atoms with van der Waals surface area (Å²) in [6, 6.07) is 6.36. The van der Waals surface area contributed by atoms with Crippen LogP contribution in [0.5, 0.6) is 0 Å². The Morgan fingerprint density at radius 2 is 1.59 bits per heavy atom. The first-order valence-corrected chi connectivity index (χ1v) is 17.8. The Hall–Kier alpha value is -2.50. The van der Waals surface area contributed by atoms with Gasteiger partial charge in [-0.2, -0.15) is 0 Å². The number of carbonyl (C=O) groups is 3. The molecule has 0 aromatic heterocycles. The minimum atomic E-state index is -0.678. The van der Waals surface area contributed by atoms with E-state index in [9.17, 15) is 18.8 Å². The Morgan fingerprint density at radius 3 is 2.26 bits per heavy atom. The zero-order valence-electron chi connectivity index (χ0n) is 29.5. The van der Waals surface area contributed by atoms with Crippen molar-refractivity contribution in [3.05, 3.63) is 47.3 Å². The SMILES string of the molecule is COC(=O)[C@]12CCC(C)(C)CC1C1=CCC3[C@@]4(C)CC(C(=O)NCCc5ccc(F)cc5)C(=O)C(C)(C)C4CC[C@@]3(C)[C@]1(C)CC2. The van der Waals surface area contributed by atoms with Crippen molar-refractivity contribution >= 4 is 17.7 Å². The molecular weight excluding hydrogens is 577 g/mol. The number of esters is 1. The lowest BCUT2D eigenvalue weighted by Crippen LogP contribution is -2.66. The van der Waals surface area contributed by atoms with Gasteiger partial charge in [-0.15, -0.1) is 0 Å². The van der Waals surface area contributed by atoms with Gasteiger partial charge in [-0.25, -0.2) is 4.39 Å². The maximum atomic E-state index is 14.1. The molecule has 4 unspecified atom stereocenters. The Bertz CT molecular complexity index is 1450. The fraction of sp³-hybridized carbons (Fsp3) is 0.725. The number of ketones is 1. The topological polar surface area (TPSA) is 72.5 Å². The van der Waals surface area contributed by atoms with Gasteiger partial charge in [0.15, 0.2) is 5.78 Å². The van der Waals surface area contributed by atoms with Crippen LogP contribution in [0.4, 0.5) is 4.39 Å². The molecule has 0 radical (unpaired) electrons. The van der Waals surface area contributed by atoms with Crippen molar-refractivity contribution in [3.63, 3.8) is 0 Å². The molecule has 5 aliphatic carbocycles. The van der Waals surface area contributed by atoms with Crippen LogP contribution in [0, 0.1) is 62.0 Å². The molecule has 0 bridgehead atoms. The lowest BCUT2D eigenvalue weighted by molar-refractivity contribution is -0.196. The van der Waals surface area contributed by atoms with Crippen molar-refractivity contribution in [3.8, 4) is 0 Å². The maximum Gasteiger partial charge on any atom is 0.312 e. The number of rotatable bonds is 5. The molecule has 252 valence electrons. The van der Waals surface area contributed by atoms with Gasteiger partial charge in [-0.3, -0.25) is 14.4 Å². The van der Waals surface area contributed by atoms with Gasteiger partial charge in [0.25, 0.3) is 0 Å². The Morgan fingerprint density at radius 1 is 0.913 bits per heavy atom. The summed E-state index contributed by atoms with van der Waals surface area (Å²) in [5, 5.41) is 3.08. The second kappa shape index (κ2) is 11.0. The number of methoxy groups -OCH3 is 1. The van der Waals surface area contributed by atoms with Gasteiger partial charge in [0.1, 0.15) is 5.82 Å². The number of fused-ring (bicyclic) bond motifs is 7. The number of allylic oxidation sites excluding steroid dienone is 2. The van der Waals surface area contributed by atoms with E-state index in [4.69, 9.17) is 4.74 Å². The fourth-order valence-corrected chi connectivity index (χ4v) is 12.1. The molecule has 1 N–H and O–H groups in total. The zero-order chi connectivity index (χ0) is 33.5. The second-order valence-corrected chi connectivity index (χ2v) is 17.9. The van der Waals surface area contributed by atoms with Crippen molar-refractivity contribution in [1.82, 2.24) is 5.32 Å². The number of hydrogen-bond donors (Lipinski definition) is 1. The number of benzene rings is 1. The summed E-state index contributed by atoms with van der Waals surface area (Å²) in [6.07, 6.45) is 11.4. The third-order valence-electron chi connectivity index (χ3n) is 14.9. The molecule has 5 aliphatic rings. The van der Waals surface area contributed by atoms with E-state index >= 15 is 0 Å². The number of amides is 1. The van der Waals surface area contributed by atoms with Crippen LogP contribution in [0.15, 0.2) is 35.9 Å². The predicted octanol–water partition coefficient (Wildman–Crippen LogP) is 8.25. The van der Waals surface area contributed by atoms with Crippen molar-refractivity contribution in [2.24, 2.45) is 56.2 Å². The summed E-state index contributed by atoms with van der Waals surface area (Å²) in [4.78, 5) is 41.4. The zero-order valence-corrected chi connectivity index (χ0v) is 29.5. The van der Waals surface area contributed by atoms with Crippen molar-refractivity contribution in [1.29, 1.82) is 0 Å². The molecule has 0 spiro atoms. The van der Waals surface area contributed by atoms with Gasteiger partial charge >= 0.3 is 5.97 Å². The van der Waals surface area contributed by atoms with Gasteiger partial charge in [0.05, 0.1) is 18.4 Å². The highest BCUT2D eigenvalue weighted by Crippen LogP contribution is 2.75. The Labute approximate surface area is 275 Å². The van der Waals surface area contributed by atoms with Crippen LogP contribution in [-0.2, 0) is 25.5 Å². The van der Waals surface area contributed by atoms with E-state index in [-0.39, 0.29) is 57.0 Å². The fourth-order valence-electron chi connectivity index (χ4n) is 12.1. The number of nitrogens with one attached hydrogen (secondary N) is 1. The number of ether oxygens (including phenoxy) is 1. The summed E-state index contributed by atoms with van der Waals surface area (Å²) in [7, 11) is 1.55. The first kappa shape index (κ1) is 33.4. The highest BCUT2D eigenvalue weighted by atomic mass is 19.1. The summed E-state index contributed by atoms with van der Waals surface area (Å²) in [5.74, 6) is -0.356. The van der Waals surface area contributed by atoms with E-state index in [0.29, 0.717) is 25.3 Å². The van der Waals surface area contributed by atoms with Crippen molar-refractivity contribution in [2.75, 3.05) is 13.7 Å².